The molecule has 0 spiro atoms. The molecule has 1 atom stereocenters. The fourth-order valence-electron chi connectivity index (χ4n) is 2.00. The molecule has 1 aromatic carbocycles. The SMILES string of the molecule is CC1(c2cccc(Br)c2)NCCCC1=O. The van der Waals surface area contributed by atoms with Gasteiger partial charge in [-0.1, -0.05) is 28.1 Å². The van der Waals surface area contributed by atoms with Crippen LogP contribution in [0.5, 0.6) is 0 Å². The highest BCUT2D eigenvalue weighted by Gasteiger charge is 2.36. The van der Waals surface area contributed by atoms with Gasteiger partial charge in [0.1, 0.15) is 5.54 Å². The van der Waals surface area contributed by atoms with E-state index in [1.54, 1.807) is 0 Å². The van der Waals surface area contributed by atoms with E-state index < -0.39 is 5.54 Å². The number of hydrogen-bond donors (Lipinski definition) is 1. The molecule has 0 aliphatic carbocycles. The smallest absolute Gasteiger partial charge is 0.157 e. The molecule has 1 saturated heterocycles. The molecular weight excluding hydrogens is 254 g/mol. The number of carbonyl (C=O) groups is 1. The van der Waals surface area contributed by atoms with Crippen molar-refractivity contribution in [1.29, 1.82) is 0 Å². The van der Waals surface area contributed by atoms with Gasteiger partial charge < -0.3 is 5.32 Å². The van der Waals surface area contributed by atoms with Crippen molar-refractivity contribution < 1.29 is 4.79 Å². The van der Waals surface area contributed by atoms with Crippen LogP contribution in [-0.4, -0.2) is 12.3 Å². The van der Waals surface area contributed by atoms with Crippen LogP contribution in [0.1, 0.15) is 25.3 Å². The topological polar surface area (TPSA) is 29.1 Å². The van der Waals surface area contributed by atoms with Gasteiger partial charge in [0.15, 0.2) is 5.78 Å². The third kappa shape index (κ3) is 1.99. The van der Waals surface area contributed by atoms with Gasteiger partial charge in [0.25, 0.3) is 0 Å². The van der Waals surface area contributed by atoms with Crippen molar-refractivity contribution in [2.45, 2.75) is 25.3 Å². The average Bonchev–Trinajstić information content (AvgIpc) is 2.23. The third-order valence-electron chi connectivity index (χ3n) is 3.02. The molecule has 0 amide bonds. The lowest BCUT2D eigenvalue weighted by atomic mass is 9.83. The third-order valence-corrected chi connectivity index (χ3v) is 3.51. The molecule has 1 fully saturated rings. The molecule has 1 aliphatic heterocycles. The lowest BCUT2D eigenvalue weighted by Gasteiger charge is -2.34. The Morgan fingerprint density at radius 2 is 2.27 bits per heavy atom. The molecule has 80 valence electrons. The fraction of sp³-hybridized carbons (Fsp3) is 0.417. The Balaban J connectivity index is 2.39. The van der Waals surface area contributed by atoms with Crippen LogP contribution in [-0.2, 0) is 10.3 Å². The van der Waals surface area contributed by atoms with E-state index in [1.807, 2.05) is 31.2 Å². The Hall–Kier alpha value is -0.670. The molecular formula is C12H14BrNO. The molecule has 0 bridgehead atoms. The maximum Gasteiger partial charge on any atom is 0.157 e. The van der Waals surface area contributed by atoms with Crippen molar-refractivity contribution in [3.05, 3.63) is 34.3 Å². The van der Waals surface area contributed by atoms with Crippen LogP contribution in [0, 0.1) is 0 Å². The lowest BCUT2D eigenvalue weighted by Crippen LogP contribution is -2.50. The van der Waals surface area contributed by atoms with E-state index in [9.17, 15) is 4.79 Å². The van der Waals surface area contributed by atoms with Crippen molar-refractivity contribution in [3.63, 3.8) is 0 Å². The molecule has 0 radical (unpaired) electrons. The zero-order valence-electron chi connectivity index (χ0n) is 8.72. The first-order valence-electron chi connectivity index (χ1n) is 5.17. The van der Waals surface area contributed by atoms with Gasteiger partial charge in [-0.3, -0.25) is 4.79 Å². The van der Waals surface area contributed by atoms with Crippen LogP contribution >= 0.6 is 15.9 Å². The van der Waals surface area contributed by atoms with Gasteiger partial charge in [0, 0.05) is 10.9 Å². The summed E-state index contributed by atoms with van der Waals surface area (Å²) in [7, 11) is 0. The molecule has 1 N–H and O–H groups in total. The van der Waals surface area contributed by atoms with Crippen LogP contribution in [0.4, 0.5) is 0 Å². The minimum atomic E-state index is -0.498. The molecule has 3 heteroatoms. The van der Waals surface area contributed by atoms with Crippen molar-refractivity contribution in [2.75, 3.05) is 6.54 Å². The Bertz CT molecular complexity index is 391. The van der Waals surface area contributed by atoms with Crippen LogP contribution in [0.25, 0.3) is 0 Å². The highest BCUT2D eigenvalue weighted by molar-refractivity contribution is 9.10. The van der Waals surface area contributed by atoms with Crippen LogP contribution in [0.3, 0.4) is 0 Å². The highest BCUT2D eigenvalue weighted by Crippen LogP contribution is 2.28. The van der Waals surface area contributed by atoms with Gasteiger partial charge in [-0.05, 0) is 37.6 Å². The Morgan fingerprint density at radius 1 is 1.47 bits per heavy atom. The number of piperidine rings is 1. The van der Waals surface area contributed by atoms with E-state index in [-0.39, 0.29) is 5.78 Å². The summed E-state index contributed by atoms with van der Waals surface area (Å²) in [4.78, 5) is 11.9. The van der Waals surface area contributed by atoms with E-state index in [0.29, 0.717) is 6.42 Å². The molecule has 0 saturated carbocycles. The second kappa shape index (κ2) is 4.06. The Labute approximate surface area is 98.2 Å². The number of halogens is 1. The lowest BCUT2D eigenvalue weighted by molar-refractivity contribution is -0.126. The van der Waals surface area contributed by atoms with Gasteiger partial charge >= 0.3 is 0 Å². The standard InChI is InChI=1S/C12H14BrNO/c1-12(11(15)6-3-7-14-12)9-4-2-5-10(13)8-9/h2,4-5,8,14H,3,6-7H2,1H3. The van der Waals surface area contributed by atoms with Crippen molar-refractivity contribution >= 4 is 21.7 Å². The van der Waals surface area contributed by atoms with Crippen LogP contribution in [0.2, 0.25) is 0 Å². The Kier molecular flexibility index (Phi) is 2.94. The monoisotopic (exact) mass is 267 g/mol. The molecule has 1 aromatic rings. The molecule has 2 nitrogen and oxygen atoms in total. The van der Waals surface area contributed by atoms with Gasteiger partial charge in [-0.2, -0.15) is 0 Å². The normalized spacial score (nSPS) is 26.7. The van der Waals surface area contributed by atoms with E-state index in [0.717, 1.165) is 23.0 Å². The molecule has 1 aliphatic rings. The second-order valence-electron chi connectivity index (χ2n) is 4.09. The number of Topliss-reactive ketones (excluding diaryl/α,β-unsaturated/α-hetero) is 1. The van der Waals surface area contributed by atoms with E-state index in [1.165, 1.54) is 0 Å². The summed E-state index contributed by atoms with van der Waals surface area (Å²) in [5, 5.41) is 3.32. The molecule has 15 heavy (non-hydrogen) atoms. The first-order valence-corrected chi connectivity index (χ1v) is 5.96. The summed E-state index contributed by atoms with van der Waals surface area (Å²) in [6, 6.07) is 7.95. The summed E-state index contributed by atoms with van der Waals surface area (Å²) < 4.78 is 1.02. The minimum absolute atomic E-state index is 0.284. The van der Waals surface area contributed by atoms with E-state index >= 15 is 0 Å². The first-order chi connectivity index (χ1) is 7.13. The number of benzene rings is 1. The number of ketones is 1. The van der Waals surface area contributed by atoms with Crippen molar-refractivity contribution in [2.24, 2.45) is 0 Å². The minimum Gasteiger partial charge on any atom is -0.301 e. The van der Waals surface area contributed by atoms with Gasteiger partial charge in [0.05, 0.1) is 0 Å². The zero-order chi connectivity index (χ0) is 10.9. The number of hydrogen-bond acceptors (Lipinski definition) is 2. The molecule has 0 aromatic heterocycles. The molecule has 1 unspecified atom stereocenters. The summed E-state index contributed by atoms with van der Waals surface area (Å²) in [5.41, 5.74) is 0.545. The number of nitrogens with one attached hydrogen (secondary N) is 1. The number of carbonyl (C=O) groups excluding carboxylic acids is 1. The quantitative estimate of drug-likeness (QED) is 0.848. The van der Waals surface area contributed by atoms with Crippen molar-refractivity contribution in [3.8, 4) is 0 Å². The summed E-state index contributed by atoms with van der Waals surface area (Å²) >= 11 is 3.43. The maximum atomic E-state index is 11.9. The summed E-state index contributed by atoms with van der Waals surface area (Å²) in [6.07, 6.45) is 1.62. The zero-order valence-corrected chi connectivity index (χ0v) is 10.3. The predicted molar refractivity (Wildman–Crippen MR) is 63.7 cm³/mol. The van der Waals surface area contributed by atoms with Crippen LogP contribution < -0.4 is 5.32 Å². The van der Waals surface area contributed by atoms with E-state index in [4.69, 9.17) is 0 Å². The van der Waals surface area contributed by atoms with Crippen LogP contribution in [0.15, 0.2) is 28.7 Å². The van der Waals surface area contributed by atoms with E-state index in [2.05, 4.69) is 21.2 Å². The molecule has 1 heterocycles. The average molecular weight is 268 g/mol. The molecule has 2 rings (SSSR count). The fourth-order valence-corrected chi connectivity index (χ4v) is 2.40. The van der Waals surface area contributed by atoms with Gasteiger partial charge in [-0.25, -0.2) is 0 Å². The van der Waals surface area contributed by atoms with Crippen molar-refractivity contribution in [1.82, 2.24) is 5.32 Å². The Morgan fingerprint density at radius 3 is 2.93 bits per heavy atom. The highest BCUT2D eigenvalue weighted by atomic mass is 79.9. The largest absolute Gasteiger partial charge is 0.301 e. The maximum absolute atomic E-state index is 11.9. The predicted octanol–water partition coefficient (Wildman–Crippen LogP) is 2.62. The second-order valence-corrected chi connectivity index (χ2v) is 5.00. The van der Waals surface area contributed by atoms with Gasteiger partial charge in [0.2, 0.25) is 0 Å². The van der Waals surface area contributed by atoms with Gasteiger partial charge in [-0.15, -0.1) is 0 Å². The summed E-state index contributed by atoms with van der Waals surface area (Å²) in [6.45, 7) is 2.88. The number of rotatable bonds is 1. The summed E-state index contributed by atoms with van der Waals surface area (Å²) in [5.74, 6) is 0.284. The first kappa shape index (κ1) is 10.8.